The zero-order chi connectivity index (χ0) is 27.3. The molecule has 6 heteroatoms. The molecule has 2 amide bonds. The number of amides is 2. The van der Waals surface area contributed by atoms with Gasteiger partial charge in [0.2, 0.25) is 11.8 Å². The Morgan fingerprint density at radius 1 is 0.650 bits per heavy atom. The molecular weight excluding hydrogens is 540 g/mol. The predicted octanol–water partition coefficient (Wildman–Crippen LogP) is 6.86. The Bertz CT molecular complexity index is 1070. The van der Waals surface area contributed by atoms with Crippen LogP contribution < -0.4 is 10.8 Å². The molecule has 2 aromatic carbocycles. The standard InChI is InChI=1S/C34H36N2O3.Fe/c37-32(18-6-1-2-7-19-33(38)36-39)35-30-23-21-29(22-24-30)34(28-16-4-3-5-17-28)31(27-14-10-11-15-27)25-20-26-12-8-9-13-26;/h3-5,8-17,21-24,39H,1-2,6-7,18-20,25H2,(H,35,37)(H,36,38);/q;+2/b34-31-;. The van der Waals surface area contributed by atoms with Gasteiger partial charge in [-0.3, -0.25) is 14.8 Å². The topological polar surface area (TPSA) is 78.4 Å². The van der Waals surface area contributed by atoms with Crippen molar-refractivity contribution in [3.8, 4) is 0 Å². The number of allylic oxidation sites excluding steroid dienone is 1. The molecule has 5 nitrogen and oxygen atoms in total. The quantitative estimate of drug-likeness (QED) is 0.0995. The summed E-state index contributed by atoms with van der Waals surface area (Å²) in [7, 11) is 0. The van der Waals surface area contributed by atoms with Crippen molar-refractivity contribution >= 4 is 23.1 Å². The van der Waals surface area contributed by atoms with Crippen molar-refractivity contribution in [3.05, 3.63) is 134 Å². The number of carbonyl (C=O) groups is 2. The minimum atomic E-state index is -0.370. The van der Waals surface area contributed by atoms with Crippen molar-refractivity contribution in [1.29, 1.82) is 0 Å². The zero-order valence-corrected chi connectivity index (χ0v) is 23.7. The predicted molar refractivity (Wildman–Crippen MR) is 155 cm³/mol. The van der Waals surface area contributed by atoms with Crippen LogP contribution in [-0.4, -0.2) is 17.0 Å². The molecule has 0 spiro atoms. The van der Waals surface area contributed by atoms with Crippen molar-refractivity contribution in [2.75, 3.05) is 5.32 Å². The van der Waals surface area contributed by atoms with Gasteiger partial charge in [-0.2, -0.15) is 0 Å². The van der Waals surface area contributed by atoms with E-state index in [0.717, 1.165) is 43.4 Å². The fourth-order valence-electron chi connectivity index (χ4n) is 4.88. The van der Waals surface area contributed by atoms with Gasteiger partial charge in [0.25, 0.3) is 0 Å². The third kappa shape index (κ3) is 9.90. The van der Waals surface area contributed by atoms with Crippen LogP contribution >= 0.6 is 0 Å². The summed E-state index contributed by atoms with van der Waals surface area (Å²) in [6, 6.07) is 18.6. The molecule has 0 atom stereocenters. The Balaban J connectivity index is 0.00000441. The van der Waals surface area contributed by atoms with Gasteiger partial charge in [0.1, 0.15) is 0 Å². The molecular formula is C34H36FeN2O3+2. The molecule has 2 fully saturated rings. The van der Waals surface area contributed by atoms with E-state index in [2.05, 4.69) is 93.1 Å². The van der Waals surface area contributed by atoms with Crippen LogP contribution in [0.3, 0.4) is 0 Å². The Kier molecular flexibility index (Phi) is 14.0. The molecule has 0 aromatic heterocycles. The van der Waals surface area contributed by atoms with Crippen molar-refractivity contribution in [1.82, 2.24) is 5.48 Å². The maximum absolute atomic E-state index is 12.5. The van der Waals surface area contributed by atoms with Gasteiger partial charge >= 0.3 is 17.1 Å². The smallest absolute Gasteiger partial charge is 0.326 e. The average molecular weight is 577 g/mol. The van der Waals surface area contributed by atoms with Crippen molar-refractivity contribution in [2.45, 2.75) is 51.4 Å². The molecule has 10 radical (unpaired) electrons. The second-order valence-corrected chi connectivity index (χ2v) is 9.76. The number of unbranched alkanes of at least 4 members (excludes halogenated alkanes) is 3. The van der Waals surface area contributed by atoms with Crippen LogP contribution in [0.5, 0.6) is 0 Å². The van der Waals surface area contributed by atoms with E-state index in [-0.39, 0.29) is 28.9 Å². The van der Waals surface area contributed by atoms with Crippen LogP contribution in [0.25, 0.3) is 5.57 Å². The second-order valence-electron chi connectivity index (χ2n) is 9.76. The van der Waals surface area contributed by atoms with E-state index in [1.54, 1.807) is 5.48 Å². The number of hydrogen-bond acceptors (Lipinski definition) is 3. The van der Waals surface area contributed by atoms with Crippen molar-refractivity contribution in [3.63, 3.8) is 0 Å². The van der Waals surface area contributed by atoms with Gasteiger partial charge in [0, 0.05) is 24.4 Å². The molecule has 40 heavy (non-hydrogen) atoms. The van der Waals surface area contributed by atoms with Gasteiger partial charge in [0.15, 0.2) is 0 Å². The summed E-state index contributed by atoms with van der Waals surface area (Å²) in [5, 5.41) is 11.5. The summed E-state index contributed by atoms with van der Waals surface area (Å²) in [5.74, 6) is 2.18. The van der Waals surface area contributed by atoms with E-state index in [0.29, 0.717) is 19.3 Å². The van der Waals surface area contributed by atoms with E-state index in [4.69, 9.17) is 5.21 Å². The van der Waals surface area contributed by atoms with E-state index in [1.807, 2.05) is 18.2 Å². The first-order valence-electron chi connectivity index (χ1n) is 13.7. The van der Waals surface area contributed by atoms with Crippen LogP contribution in [-0.2, 0) is 26.7 Å². The first-order chi connectivity index (χ1) is 19.1. The molecule has 3 N–H and O–H groups in total. The summed E-state index contributed by atoms with van der Waals surface area (Å²) in [5.41, 5.74) is 7.22. The van der Waals surface area contributed by atoms with Crippen LogP contribution in [0.4, 0.5) is 5.69 Å². The second kappa shape index (κ2) is 17.4. The molecule has 0 unspecified atom stereocenters. The average Bonchev–Trinajstić information content (AvgIpc) is 3.69. The molecule has 206 valence electrons. The summed E-state index contributed by atoms with van der Waals surface area (Å²) in [4.78, 5) is 23.5. The monoisotopic (exact) mass is 576 g/mol. The van der Waals surface area contributed by atoms with Crippen LogP contribution in [0, 0.1) is 63.2 Å². The minimum Gasteiger partial charge on any atom is -0.326 e. The van der Waals surface area contributed by atoms with Gasteiger partial charge in [-0.25, -0.2) is 5.48 Å². The Hall–Kier alpha value is -2.40. The normalized spacial score (nSPS) is 16.3. The summed E-state index contributed by atoms with van der Waals surface area (Å²) >= 11 is 0. The van der Waals surface area contributed by atoms with Crippen LogP contribution in [0.1, 0.15) is 62.5 Å². The zero-order valence-electron chi connectivity index (χ0n) is 22.6. The van der Waals surface area contributed by atoms with E-state index in [1.165, 1.54) is 28.5 Å². The number of anilines is 1. The Morgan fingerprint density at radius 3 is 1.85 bits per heavy atom. The van der Waals surface area contributed by atoms with E-state index < -0.39 is 0 Å². The summed E-state index contributed by atoms with van der Waals surface area (Å²) in [6.07, 6.45) is 22.9. The molecule has 2 aliphatic carbocycles. The minimum absolute atomic E-state index is 0. The third-order valence-corrected chi connectivity index (χ3v) is 6.91. The molecule has 0 aliphatic heterocycles. The molecule has 2 saturated carbocycles. The Morgan fingerprint density at radius 2 is 1.23 bits per heavy atom. The number of rotatable bonds is 14. The van der Waals surface area contributed by atoms with Crippen molar-refractivity contribution < 1.29 is 31.9 Å². The molecule has 2 aliphatic rings. The largest absolute Gasteiger partial charge is 2.00 e. The molecule has 0 saturated heterocycles. The number of nitrogens with one attached hydrogen (secondary N) is 2. The third-order valence-electron chi connectivity index (χ3n) is 6.91. The maximum Gasteiger partial charge on any atom is 2.00 e. The van der Waals surface area contributed by atoms with Crippen LogP contribution in [0.2, 0.25) is 0 Å². The summed E-state index contributed by atoms with van der Waals surface area (Å²) in [6.45, 7) is 0. The van der Waals surface area contributed by atoms with Gasteiger partial charge in [0.05, 0.1) is 0 Å². The maximum atomic E-state index is 12.5. The van der Waals surface area contributed by atoms with Gasteiger partial charge in [-0.15, -0.1) is 0 Å². The first-order valence-corrected chi connectivity index (χ1v) is 13.7. The fourth-order valence-corrected chi connectivity index (χ4v) is 4.88. The molecule has 0 heterocycles. The first kappa shape index (κ1) is 32.1. The molecule has 0 bridgehead atoms. The number of benzene rings is 2. The van der Waals surface area contributed by atoms with E-state index >= 15 is 0 Å². The SMILES string of the molecule is O=C(CCCCCCC(=O)Nc1ccc(/C(=C(/CC[C]2[CH][CH][CH][CH]2)[C]2[CH][CH][CH][CH]2)c2ccccc2)cc1)NO.[Fe+2]. The number of carbonyl (C=O) groups excluding carboxylic acids is 2. The van der Waals surface area contributed by atoms with Gasteiger partial charge in [-0.05, 0) is 112 Å². The molecule has 2 aromatic rings. The fraction of sp³-hybridized carbons (Fsp3) is 0.235. The molecule has 4 rings (SSSR count). The van der Waals surface area contributed by atoms with Crippen molar-refractivity contribution in [2.24, 2.45) is 0 Å². The summed E-state index contributed by atoms with van der Waals surface area (Å²) < 4.78 is 0. The van der Waals surface area contributed by atoms with Gasteiger partial charge < -0.3 is 5.32 Å². The Labute approximate surface area is 251 Å². The van der Waals surface area contributed by atoms with Gasteiger partial charge in [-0.1, -0.05) is 60.9 Å². The number of hydroxylamine groups is 1. The van der Waals surface area contributed by atoms with E-state index in [9.17, 15) is 9.59 Å². The number of hydrogen-bond donors (Lipinski definition) is 3. The van der Waals surface area contributed by atoms with Crippen LogP contribution in [0.15, 0.2) is 60.2 Å².